The molecule has 3 atom stereocenters. The number of carbonyl (C=O) groups is 1. The maximum absolute atomic E-state index is 13.6. The van der Waals surface area contributed by atoms with Gasteiger partial charge in [0.15, 0.2) is 4.80 Å². The van der Waals surface area contributed by atoms with Crippen LogP contribution in [0.15, 0.2) is 80.9 Å². The van der Waals surface area contributed by atoms with Crippen LogP contribution in [0.25, 0.3) is 6.08 Å². The Bertz CT molecular complexity index is 1600. The second-order valence-electron chi connectivity index (χ2n) is 8.60. The molecule has 0 saturated carbocycles. The summed E-state index contributed by atoms with van der Waals surface area (Å²) in [6, 6.07) is 19.9. The third kappa shape index (κ3) is 3.21. The van der Waals surface area contributed by atoms with Crippen LogP contribution in [0.3, 0.4) is 0 Å². The van der Waals surface area contributed by atoms with Crippen LogP contribution in [0.1, 0.15) is 30.0 Å². The average molecular weight is 472 g/mol. The number of anilines is 1. The van der Waals surface area contributed by atoms with Gasteiger partial charge in [-0.25, -0.2) is 4.99 Å². The average Bonchev–Trinajstić information content (AvgIpc) is 3.35. The molecule has 0 radical (unpaired) electrons. The summed E-state index contributed by atoms with van der Waals surface area (Å²) in [6.07, 6.45) is 1.72. The summed E-state index contributed by atoms with van der Waals surface area (Å²) in [5, 5.41) is 2.98. The van der Waals surface area contributed by atoms with Crippen LogP contribution in [-0.2, 0) is 4.79 Å². The number of aryl methyl sites for hydroxylation is 1. The van der Waals surface area contributed by atoms with Gasteiger partial charge in [0.25, 0.3) is 5.56 Å². The van der Waals surface area contributed by atoms with Gasteiger partial charge in [0.2, 0.25) is 11.6 Å². The van der Waals surface area contributed by atoms with Gasteiger partial charge in [-0.2, -0.15) is 0 Å². The maximum atomic E-state index is 13.6. The molecule has 6 rings (SSSR count). The van der Waals surface area contributed by atoms with E-state index in [9.17, 15) is 9.59 Å². The molecule has 170 valence electrons. The number of thiazole rings is 1. The molecule has 0 saturated heterocycles. The molecular weight excluding hydrogens is 450 g/mol. The van der Waals surface area contributed by atoms with Gasteiger partial charge >= 0.3 is 0 Å². The van der Waals surface area contributed by atoms with Crippen molar-refractivity contribution in [2.24, 2.45) is 10.9 Å². The SMILES string of the molecule is Cc1ccc(/C=c2\sc3n(c2=O)[C@H]2c4ccccc4O[C@@](C)(N=3)[C@@H]2C(=O)Nc2ccccc2)o1. The Morgan fingerprint density at radius 2 is 1.88 bits per heavy atom. The molecule has 0 unspecified atom stereocenters. The Balaban J connectivity index is 1.55. The van der Waals surface area contributed by atoms with Crippen molar-refractivity contribution < 1.29 is 13.9 Å². The number of hydrogen-bond acceptors (Lipinski definition) is 6. The van der Waals surface area contributed by atoms with Crippen molar-refractivity contribution in [3.63, 3.8) is 0 Å². The van der Waals surface area contributed by atoms with Crippen molar-refractivity contribution in [1.29, 1.82) is 0 Å². The van der Waals surface area contributed by atoms with Crippen LogP contribution >= 0.6 is 11.3 Å². The van der Waals surface area contributed by atoms with Gasteiger partial charge in [-0.05, 0) is 44.2 Å². The van der Waals surface area contributed by atoms with E-state index in [0.717, 1.165) is 11.3 Å². The Labute approximate surface area is 198 Å². The Hall–Kier alpha value is -3.91. The number of nitrogens with one attached hydrogen (secondary N) is 1. The van der Waals surface area contributed by atoms with E-state index < -0.39 is 17.7 Å². The standard InChI is InChI=1S/C26H21N3O4S/c1-15-12-13-17(32-15)14-20-24(31)29-22-18-10-6-7-11-19(18)33-26(2,28-25(29)34-20)21(22)23(30)27-16-8-4-3-5-9-16/h3-14,21-22H,1-2H3,(H,27,30)/b20-14-/t21-,22-,26+/m0/s1. The summed E-state index contributed by atoms with van der Waals surface area (Å²) >= 11 is 1.27. The zero-order valence-electron chi connectivity index (χ0n) is 18.5. The van der Waals surface area contributed by atoms with E-state index in [1.54, 1.807) is 17.6 Å². The molecule has 2 bridgehead atoms. The van der Waals surface area contributed by atoms with Gasteiger partial charge in [0, 0.05) is 17.3 Å². The Kier molecular flexibility index (Phi) is 4.60. The molecule has 8 heteroatoms. The third-order valence-corrected chi connectivity index (χ3v) is 7.22. The minimum atomic E-state index is -1.17. The molecule has 1 amide bonds. The molecule has 2 aromatic carbocycles. The summed E-state index contributed by atoms with van der Waals surface area (Å²) in [6.45, 7) is 3.66. The summed E-state index contributed by atoms with van der Waals surface area (Å²) in [5.74, 6) is 0.978. The van der Waals surface area contributed by atoms with E-state index in [2.05, 4.69) is 5.32 Å². The van der Waals surface area contributed by atoms with Crippen molar-refractivity contribution in [3.05, 3.63) is 104 Å². The first-order valence-corrected chi connectivity index (χ1v) is 11.8. The minimum Gasteiger partial charge on any atom is -0.465 e. The van der Waals surface area contributed by atoms with E-state index in [0.29, 0.717) is 26.5 Å². The number of fused-ring (bicyclic) bond motifs is 6. The van der Waals surface area contributed by atoms with Crippen LogP contribution < -0.4 is 24.9 Å². The lowest BCUT2D eigenvalue weighted by atomic mass is 9.80. The van der Waals surface area contributed by atoms with Gasteiger partial charge in [0.05, 0.1) is 10.6 Å². The van der Waals surface area contributed by atoms with Crippen molar-refractivity contribution in [2.45, 2.75) is 25.6 Å². The van der Waals surface area contributed by atoms with E-state index in [1.165, 1.54) is 11.3 Å². The number of hydrogen-bond donors (Lipinski definition) is 1. The van der Waals surface area contributed by atoms with E-state index in [4.69, 9.17) is 14.1 Å². The first-order chi connectivity index (χ1) is 16.4. The first-order valence-electron chi connectivity index (χ1n) is 11.0. The summed E-state index contributed by atoms with van der Waals surface area (Å²) < 4.78 is 14.1. The lowest BCUT2D eigenvalue weighted by Gasteiger charge is -2.45. The molecule has 0 aliphatic carbocycles. The minimum absolute atomic E-state index is 0.209. The number of ether oxygens (including phenoxy) is 1. The van der Waals surface area contributed by atoms with Crippen LogP contribution in [0.5, 0.6) is 5.75 Å². The summed E-state index contributed by atoms with van der Waals surface area (Å²) in [5.41, 5.74) is 0.0742. The number of amides is 1. The molecule has 2 aliphatic heterocycles. The highest BCUT2D eigenvalue weighted by Gasteiger charge is 2.55. The maximum Gasteiger partial charge on any atom is 0.271 e. The second kappa shape index (κ2) is 7.56. The number of carbonyl (C=O) groups excluding carboxylic acids is 1. The van der Waals surface area contributed by atoms with E-state index in [-0.39, 0.29) is 11.5 Å². The summed E-state index contributed by atoms with van der Waals surface area (Å²) in [4.78, 5) is 32.6. The van der Waals surface area contributed by atoms with Gasteiger partial charge in [-0.1, -0.05) is 47.7 Å². The molecule has 7 nitrogen and oxygen atoms in total. The van der Waals surface area contributed by atoms with Gasteiger partial charge in [-0.3, -0.25) is 14.2 Å². The van der Waals surface area contributed by atoms with Crippen molar-refractivity contribution in [1.82, 2.24) is 4.57 Å². The largest absolute Gasteiger partial charge is 0.465 e. The molecule has 2 aliphatic rings. The lowest BCUT2D eigenvalue weighted by Crippen LogP contribution is -2.59. The molecule has 4 aromatic rings. The highest BCUT2D eigenvalue weighted by molar-refractivity contribution is 7.07. The lowest BCUT2D eigenvalue weighted by molar-refractivity contribution is -0.131. The highest BCUT2D eigenvalue weighted by Crippen LogP contribution is 2.47. The van der Waals surface area contributed by atoms with Crippen LogP contribution in [0, 0.1) is 12.8 Å². The number of aromatic nitrogens is 1. The summed E-state index contributed by atoms with van der Waals surface area (Å²) in [7, 11) is 0. The monoisotopic (exact) mass is 471 g/mol. The van der Waals surface area contributed by atoms with E-state index >= 15 is 0 Å². The quantitative estimate of drug-likeness (QED) is 0.497. The molecule has 2 aromatic heterocycles. The topological polar surface area (TPSA) is 85.8 Å². The highest BCUT2D eigenvalue weighted by atomic mass is 32.1. The van der Waals surface area contributed by atoms with Crippen LogP contribution in [0.2, 0.25) is 0 Å². The van der Waals surface area contributed by atoms with Crippen LogP contribution in [0.4, 0.5) is 5.69 Å². The number of para-hydroxylation sites is 2. The van der Waals surface area contributed by atoms with Crippen molar-refractivity contribution in [3.8, 4) is 5.75 Å². The van der Waals surface area contributed by atoms with Crippen molar-refractivity contribution in [2.75, 3.05) is 5.32 Å². The fourth-order valence-electron chi connectivity index (χ4n) is 4.75. The molecule has 0 spiro atoms. The smallest absolute Gasteiger partial charge is 0.271 e. The zero-order valence-corrected chi connectivity index (χ0v) is 19.3. The third-order valence-electron chi connectivity index (χ3n) is 6.24. The molecule has 1 N–H and O–H groups in total. The molecule has 0 fully saturated rings. The predicted octanol–water partition coefficient (Wildman–Crippen LogP) is 3.23. The second-order valence-corrected chi connectivity index (χ2v) is 9.61. The van der Waals surface area contributed by atoms with Crippen LogP contribution in [-0.4, -0.2) is 16.2 Å². The number of benzene rings is 2. The normalized spacial score (nSPS) is 22.8. The van der Waals surface area contributed by atoms with Crippen molar-refractivity contribution >= 4 is 29.0 Å². The predicted molar refractivity (Wildman–Crippen MR) is 129 cm³/mol. The molecule has 4 heterocycles. The number of nitrogens with zero attached hydrogens (tertiary/aromatic N) is 2. The fraction of sp³-hybridized carbons (Fsp3) is 0.192. The number of rotatable bonds is 3. The molecule has 34 heavy (non-hydrogen) atoms. The first kappa shape index (κ1) is 20.7. The number of furan rings is 1. The molecular formula is C26H21N3O4S. The fourth-order valence-corrected chi connectivity index (χ4v) is 5.82. The Morgan fingerprint density at radius 3 is 2.65 bits per heavy atom. The zero-order chi connectivity index (χ0) is 23.4. The van der Waals surface area contributed by atoms with Gasteiger partial charge < -0.3 is 14.5 Å². The van der Waals surface area contributed by atoms with Gasteiger partial charge in [-0.15, -0.1) is 0 Å². The van der Waals surface area contributed by atoms with E-state index in [1.807, 2.05) is 73.7 Å². The van der Waals surface area contributed by atoms with Gasteiger partial charge in [0.1, 0.15) is 23.2 Å². The Morgan fingerprint density at radius 1 is 1.12 bits per heavy atom.